The zero-order chi connectivity index (χ0) is 17.2. The molecule has 25 heavy (non-hydrogen) atoms. The van der Waals surface area contributed by atoms with E-state index in [0.717, 1.165) is 42.6 Å². The Kier molecular flexibility index (Phi) is 4.57. The molecule has 3 heterocycles. The summed E-state index contributed by atoms with van der Waals surface area (Å²) in [5.41, 5.74) is 2.48. The SMILES string of the molecule is O=C(/C=C/c1c(Cl)nc2sccn12)c1ccc(N2CCOCC2)cc1. The second-order valence-electron chi connectivity index (χ2n) is 5.69. The lowest BCUT2D eigenvalue weighted by Crippen LogP contribution is -2.36. The van der Waals surface area contributed by atoms with E-state index in [-0.39, 0.29) is 5.78 Å². The Morgan fingerprint density at radius 1 is 1.24 bits per heavy atom. The summed E-state index contributed by atoms with van der Waals surface area (Å²) in [5, 5.41) is 2.33. The van der Waals surface area contributed by atoms with Crippen LogP contribution in [0.1, 0.15) is 16.1 Å². The second-order valence-corrected chi connectivity index (χ2v) is 6.92. The molecule has 1 fully saturated rings. The van der Waals surface area contributed by atoms with Gasteiger partial charge in [-0.3, -0.25) is 9.20 Å². The van der Waals surface area contributed by atoms with E-state index in [4.69, 9.17) is 16.3 Å². The number of nitrogens with zero attached hydrogens (tertiary/aromatic N) is 3. The summed E-state index contributed by atoms with van der Waals surface area (Å²) >= 11 is 7.64. The van der Waals surface area contributed by atoms with E-state index < -0.39 is 0 Å². The third kappa shape index (κ3) is 3.33. The molecule has 1 saturated heterocycles. The molecule has 1 aliphatic rings. The molecule has 0 atom stereocenters. The van der Waals surface area contributed by atoms with Gasteiger partial charge >= 0.3 is 0 Å². The number of hydrogen-bond acceptors (Lipinski definition) is 5. The van der Waals surface area contributed by atoms with E-state index in [1.54, 1.807) is 6.08 Å². The van der Waals surface area contributed by atoms with Crippen LogP contribution in [0.3, 0.4) is 0 Å². The van der Waals surface area contributed by atoms with E-state index >= 15 is 0 Å². The van der Waals surface area contributed by atoms with Gasteiger partial charge in [-0.05, 0) is 36.4 Å². The lowest BCUT2D eigenvalue weighted by molar-refractivity contribution is 0.104. The van der Waals surface area contributed by atoms with Crippen LogP contribution in [0.25, 0.3) is 11.0 Å². The van der Waals surface area contributed by atoms with Crippen LogP contribution in [0.5, 0.6) is 0 Å². The number of morpholine rings is 1. The predicted octanol–water partition coefficient (Wildman–Crippen LogP) is 3.78. The van der Waals surface area contributed by atoms with Gasteiger partial charge in [-0.15, -0.1) is 11.3 Å². The van der Waals surface area contributed by atoms with Crippen LogP contribution >= 0.6 is 22.9 Å². The summed E-state index contributed by atoms with van der Waals surface area (Å²) < 4.78 is 7.24. The van der Waals surface area contributed by atoms with Crippen molar-refractivity contribution < 1.29 is 9.53 Å². The molecule has 3 aromatic rings. The predicted molar refractivity (Wildman–Crippen MR) is 101 cm³/mol. The van der Waals surface area contributed by atoms with Crippen molar-refractivity contribution in [2.45, 2.75) is 0 Å². The fraction of sp³-hybridized carbons (Fsp3) is 0.222. The highest BCUT2D eigenvalue weighted by Gasteiger charge is 2.12. The van der Waals surface area contributed by atoms with Gasteiger partial charge in [-0.1, -0.05) is 11.6 Å². The van der Waals surface area contributed by atoms with Crippen molar-refractivity contribution in [2.24, 2.45) is 0 Å². The van der Waals surface area contributed by atoms with E-state index in [9.17, 15) is 4.79 Å². The maximum Gasteiger partial charge on any atom is 0.195 e. The molecule has 1 aliphatic heterocycles. The largest absolute Gasteiger partial charge is 0.378 e. The van der Waals surface area contributed by atoms with Crippen LogP contribution in [-0.2, 0) is 4.74 Å². The summed E-state index contributed by atoms with van der Waals surface area (Å²) in [5.74, 6) is -0.0604. The summed E-state index contributed by atoms with van der Waals surface area (Å²) in [6.07, 6.45) is 5.14. The first-order valence-corrected chi connectivity index (χ1v) is 9.24. The van der Waals surface area contributed by atoms with Crippen molar-refractivity contribution in [1.82, 2.24) is 9.38 Å². The van der Waals surface area contributed by atoms with Crippen LogP contribution in [0.4, 0.5) is 5.69 Å². The first-order valence-electron chi connectivity index (χ1n) is 7.98. The highest BCUT2D eigenvalue weighted by atomic mass is 35.5. The van der Waals surface area contributed by atoms with Gasteiger partial charge in [0.25, 0.3) is 0 Å². The third-order valence-electron chi connectivity index (χ3n) is 4.17. The number of allylic oxidation sites excluding steroid dienone is 1. The average molecular weight is 374 g/mol. The van der Waals surface area contributed by atoms with Crippen LogP contribution in [0.2, 0.25) is 5.15 Å². The number of ketones is 1. The van der Waals surface area contributed by atoms with Crippen molar-refractivity contribution in [3.63, 3.8) is 0 Å². The Labute approximate surface area is 154 Å². The Morgan fingerprint density at radius 2 is 2.00 bits per heavy atom. The third-order valence-corrected chi connectivity index (χ3v) is 5.21. The topological polar surface area (TPSA) is 46.8 Å². The van der Waals surface area contributed by atoms with Gasteiger partial charge in [0.1, 0.15) is 0 Å². The minimum atomic E-state index is -0.0604. The Balaban J connectivity index is 1.50. The molecule has 0 amide bonds. The number of imidazole rings is 1. The first kappa shape index (κ1) is 16.3. The molecule has 2 aromatic heterocycles. The zero-order valence-electron chi connectivity index (χ0n) is 13.4. The second kappa shape index (κ2) is 7.00. The van der Waals surface area contributed by atoms with Crippen molar-refractivity contribution in [3.8, 4) is 0 Å². The van der Waals surface area contributed by atoms with Crippen molar-refractivity contribution in [2.75, 3.05) is 31.2 Å². The van der Waals surface area contributed by atoms with E-state index in [1.807, 2.05) is 40.2 Å². The molecular formula is C18H16ClN3O2S. The summed E-state index contributed by atoms with van der Waals surface area (Å²) in [6.45, 7) is 3.24. The van der Waals surface area contributed by atoms with Gasteiger partial charge in [0.15, 0.2) is 15.9 Å². The highest BCUT2D eigenvalue weighted by Crippen LogP contribution is 2.23. The number of anilines is 1. The standard InChI is InChI=1S/C18H16ClN3O2S/c19-17-15(22-9-12-25-18(22)20-17)5-6-16(23)13-1-3-14(4-2-13)21-7-10-24-11-8-21/h1-6,9,12H,7-8,10-11H2/b6-5+. The van der Waals surface area contributed by atoms with Crippen LogP contribution in [-0.4, -0.2) is 41.5 Å². The zero-order valence-corrected chi connectivity index (χ0v) is 15.0. The summed E-state index contributed by atoms with van der Waals surface area (Å²) in [7, 11) is 0. The Morgan fingerprint density at radius 3 is 2.76 bits per heavy atom. The first-order chi connectivity index (χ1) is 12.2. The van der Waals surface area contributed by atoms with Gasteiger partial charge < -0.3 is 9.64 Å². The van der Waals surface area contributed by atoms with Crippen molar-refractivity contribution >= 4 is 45.4 Å². The number of benzene rings is 1. The monoisotopic (exact) mass is 373 g/mol. The number of ether oxygens (including phenoxy) is 1. The lowest BCUT2D eigenvalue weighted by atomic mass is 10.1. The summed E-state index contributed by atoms with van der Waals surface area (Å²) in [6, 6.07) is 7.68. The number of rotatable bonds is 4. The molecule has 0 spiro atoms. The highest BCUT2D eigenvalue weighted by molar-refractivity contribution is 7.15. The molecule has 0 aliphatic carbocycles. The molecule has 5 nitrogen and oxygen atoms in total. The average Bonchev–Trinajstić information content (AvgIpc) is 3.21. The van der Waals surface area contributed by atoms with Gasteiger partial charge in [-0.2, -0.15) is 0 Å². The van der Waals surface area contributed by atoms with E-state index in [2.05, 4.69) is 9.88 Å². The number of carbonyl (C=O) groups excluding carboxylic acids is 1. The number of carbonyl (C=O) groups is 1. The quantitative estimate of drug-likeness (QED) is 0.515. The molecule has 7 heteroatoms. The Hall–Kier alpha value is -2.15. The lowest BCUT2D eigenvalue weighted by Gasteiger charge is -2.28. The number of aromatic nitrogens is 2. The molecule has 4 rings (SSSR count). The molecule has 0 radical (unpaired) electrons. The smallest absolute Gasteiger partial charge is 0.195 e. The van der Waals surface area contributed by atoms with E-state index in [1.165, 1.54) is 17.4 Å². The molecule has 0 unspecified atom stereocenters. The van der Waals surface area contributed by atoms with Crippen LogP contribution in [0.15, 0.2) is 41.9 Å². The fourth-order valence-electron chi connectivity index (χ4n) is 2.83. The number of thiazole rings is 1. The summed E-state index contributed by atoms with van der Waals surface area (Å²) in [4.78, 5) is 19.7. The molecule has 0 saturated carbocycles. The van der Waals surface area contributed by atoms with E-state index in [0.29, 0.717) is 10.7 Å². The maximum absolute atomic E-state index is 12.4. The number of halogens is 1. The van der Waals surface area contributed by atoms with Crippen molar-refractivity contribution in [1.29, 1.82) is 0 Å². The number of fused-ring (bicyclic) bond motifs is 1. The molecule has 0 N–H and O–H groups in total. The maximum atomic E-state index is 12.4. The minimum absolute atomic E-state index is 0.0604. The van der Waals surface area contributed by atoms with Crippen LogP contribution in [0, 0.1) is 0 Å². The minimum Gasteiger partial charge on any atom is -0.378 e. The molecule has 0 bridgehead atoms. The molecule has 128 valence electrons. The normalized spacial score (nSPS) is 15.3. The van der Waals surface area contributed by atoms with Gasteiger partial charge in [0, 0.05) is 35.9 Å². The van der Waals surface area contributed by atoms with Gasteiger partial charge in [0.05, 0.1) is 18.9 Å². The molecule has 1 aromatic carbocycles. The van der Waals surface area contributed by atoms with Crippen molar-refractivity contribution in [3.05, 3.63) is 58.3 Å². The fourth-order valence-corrected chi connectivity index (χ4v) is 3.84. The van der Waals surface area contributed by atoms with Crippen LogP contribution < -0.4 is 4.90 Å². The number of hydrogen-bond donors (Lipinski definition) is 0. The van der Waals surface area contributed by atoms with Gasteiger partial charge in [0.2, 0.25) is 0 Å². The Bertz CT molecular complexity index is 924. The van der Waals surface area contributed by atoms with Gasteiger partial charge in [-0.25, -0.2) is 4.98 Å². The molecular weight excluding hydrogens is 358 g/mol.